The normalized spacial score (nSPS) is 9.30. The largest absolute Gasteiger partial charge is 0.384 e. The van der Waals surface area contributed by atoms with Crippen LogP contribution in [0.25, 0.3) is 0 Å². The number of benzene rings is 1. The molecular weight excluding hydrogens is 124 g/mol. The molecule has 1 radical (unpaired) electrons. The zero-order valence-electron chi connectivity index (χ0n) is 5.59. The maximum Gasteiger partial charge on any atom is 0.123 e. The van der Waals surface area contributed by atoms with Gasteiger partial charge in [-0.05, 0) is 12.5 Å². The van der Waals surface area contributed by atoms with Crippen LogP contribution in [0.5, 0.6) is 0 Å². The molecule has 1 aromatic rings. The predicted molar refractivity (Wildman–Crippen MR) is 41.9 cm³/mol. The van der Waals surface area contributed by atoms with Crippen LogP contribution in [-0.4, -0.2) is 5.84 Å². The smallest absolute Gasteiger partial charge is 0.123 e. The molecule has 51 valence electrons. The van der Waals surface area contributed by atoms with Crippen molar-refractivity contribution in [1.29, 1.82) is 5.41 Å². The van der Waals surface area contributed by atoms with Gasteiger partial charge in [-0.2, -0.15) is 0 Å². The number of nitrogen functional groups attached to an aromatic ring is 1. The Morgan fingerprint density at radius 3 is 2.40 bits per heavy atom. The summed E-state index contributed by atoms with van der Waals surface area (Å²) in [6.45, 7) is 3.72. The second-order valence-corrected chi connectivity index (χ2v) is 2.07. The van der Waals surface area contributed by atoms with Gasteiger partial charge in [0.2, 0.25) is 0 Å². The molecule has 0 saturated heterocycles. The van der Waals surface area contributed by atoms with E-state index in [0.29, 0.717) is 5.56 Å². The highest BCUT2D eigenvalue weighted by atomic mass is 14.7. The van der Waals surface area contributed by atoms with Crippen molar-refractivity contribution in [3.8, 4) is 0 Å². The number of hydrogen-bond acceptors (Lipinski definition) is 1. The van der Waals surface area contributed by atoms with Gasteiger partial charge in [0, 0.05) is 5.56 Å². The van der Waals surface area contributed by atoms with E-state index in [9.17, 15) is 0 Å². The van der Waals surface area contributed by atoms with Gasteiger partial charge in [0.25, 0.3) is 0 Å². The Balaban J connectivity index is 3.15. The Hall–Kier alpha value is -1.31. The first-order valence-electron chi connectivity index (χ1n) is 2.97. The van der Waals surface area contributed by atoms with E-state index in [4.69, 9.17) is 11.1 Å². The zero-order valence-corrected chi connectivity index (χ0v) is 5.59. The first-order valence-corrected chi connectivity index (χ1v) is 2.97. The van der Waals surface area contributed by atoms with Crippen LogP contribution in [0, 0.1) is 12.3 Å². The van der Waals surface area contributed by atoms with E-state index >= 15 is 0 Å². The molecule has 0 atom stereocenters. The van der Waals surface area contributed by atoms with Crippen LogP contribution < -0.4 is 5.73 Å². The van der Waals surface area contributed by atoms with Crippen LogP contribution in [-0.2, 0) is 0 Å². The first-order chi connectivity index (χ1) is 4.72. The highest BCUT2D eigenvalue weighted by Crippen LogP contribution is 2.04. The maximum absolute atomic E-state index is 7.11. The summed E-state index contributed by atoms with van der Waals surface area (Å²) in [5, 5.41) is 7.11. The van der Waals surface area contributed by atoms with E-state index in [1.54, 1.807) is 6.07 Å². The van der Waals surface area contributed by atoms with Gasteiger partial charge in [0.05, 0.1) is 0 Å². The van der Waals surface area contributed by atoms with Crippen molar-refractivity contribution in [2.24, 2.45) is 5.73 Å². The summed E-state index contributed by atoms with van der Waals surface area (Å²) < 4.78 is 0. The van der Waals surface area contributed by atoms with E-state index in [0.717, 1.165) is 5.56 Å². The molecule has 0 amide bonds. The minimum atomic E-state index is 0.0746. The number of hydrogen-bond donors (Lipinski definition) is 2. The summed E-state index contributed by atoms with van der Waals surface area (Å²) in [4.78, 5) is 0. The van der Waals surface area contributed by atoms with Gasteiger partial charge in [0.1, 0.15) is 5.84 Å². The van der Waals surface area contributed by atoms with Crippen LogP contribution >= 0.6 is 0 Å². The fourth-order valence-electron chi connectivity index (χ4n) is 0.783. The van der Waals surface area contributed by atoms with Crippen molar-refractivity contribution >= 4 is 5.84 Å². The molecule has 0 spiro atoms. The minimum absolute atomic E-state index is 0.0746. The fourth-order valence-corrected chi connectivity index (χ4v) is 0.783. The third-order valence-corrected chi connectivity index (χ3v) is 1.31. The first kappa shape index (κ1) is 6.81. The summed E-state index contributed by atoms with van der Waals surface area (Å²) >= 11 is 0. The van der Waals surface area contributed by atoms with E-state index in [1.807, 2.05) is 18.2 Å². The molecule has 0 fully saturated rings. The van der Waals surface area contributed by atoms with Crippen molar-refractivity contribution in [2.75, 3.05) is 0 Å². The second kappa shape index (κ2) is 2.52. The summed E-state index contributed by atoms with van der Waals surface area (Å²) in [6.07, 6.45) is 0. The molecule has 0 saturated carbocycles. The Labute approximate surface area is 60.2 Å². The van der Waals surface area contributed by atoms with Gasteiger partial charge >= 0.3 is 0 Å². The van der Waals surface area contributed by atoms with Gasteiger partial charge in [-0.1, -0.05) is 24.3 Å². The molecule has 3 N–H and O–H groups in total. The third kappa shape index (κ3) is 1.16. The van der Waals surface area contributed by atoms with Crippen molar-refractivity contribution in [3.63, 3.8) is 0 Å². The van der Waals surface area contributed by atoms with Crippen LogP contribution in [0.4, 0.5) is 0 Å². The molecular formula is C8H9N2. The molecule has 2 nitrogen and oxygen atoms in total. The predicted octanol–water partition coefficient (Wildman–Crippen LogP) is 1.15. The molecule has 10 heavy (non-hydrogen) atoms. The van der Waals surface area contributed by atoms with Crippen LogP contribution in [0.3, 0.4) is 0 Å². The van der Waals surface area contributed by atoms with E-state index in [-0.39, 0.29) is 5.84 Å². The van der Waals surface area contributed by atoms with Gasteiger partial charge in [-0.3, -0.25) is 5.41 Å². The average Bonchev–Trinajstić information content (AvgIpc) is 1.88. The lowest BCUT2D eigenvalue weighted by Crippen LogP contribution is -2.12. The monoisotopic (exact) mass is 133 g/mol. The fraction of sp³-hybridized carbons (Fsp3) is 0. The number of nitrogens with one attached hydrogen (secondary N) is 1. The number of nitrogens with two attached hydrogens (primary N) is 1. The molecule has 0 aromatic heterocycles. The molecule has 0 heterocycles. The average molecular weight is 133 g/mol. The Morgan fingerprint density at radius 2 is 2.00 bits per heavy atom. The van der Waals surface area contributed by atoms with E-state index in [2.05, 4.69) is 6.92 Å². The maximum atomic E-state index is 7.11. The highest BCUT2D eigenvalue weighted by molar-refractivity contribution is 5.96. The summed E-state index contributed by atoms with van der Waals surface area (Å²) in [5.74, 6) is 0.0746. The van der Waals surface area contributed by atoms with Crippen molar-refractivity contribution in [2.45, 2.75) is 0 Å². The molecule has 0 aliphatic carbocycles. The molecule has 1 rings (SSSR count). The lowest BCUT2D eigenvalue weighted by Gasteiger charge is -2.00. The Bertz CT molecular complexity index is 253. The lowest BCUT2D eigenvalue weighted by atomic mass is 10.1. The van der Waals surface area contributed by atoms with Crippen molar-refractivity contribution in [3.05, 3.63) is 42.3 Å². The lowest BCUT2D eigenvalue weighted by molar-refractivity contribution is 1.41. The number of amidine groups is 1. The molecule has 0 unspecified atom stereocenters. The van der Waals surface area contributed by atoms with Crippen LogP contribution in [0.15, 0.2) is 24.3 Å². The number of rotatable bonds is 1. The Morgan fingerprint density at radius 1 is 1.40 bits per heavy atom. The quantitative estimate of drug-likeness (QED) is 0.438. The highest BCUT2D eigenvalue weighted by Gasteiger charge is 1.96. The minimum Gasteiger partial charge on any atom is -0.384 e. The molecule has 2 heteroatoms. The van der Waals surface area contributed by atoms with Gasteiger partial charge < -0.3 is 5.73 Å². The van der Waals surface area contributed by atoms with Gasteiger partial charge in [-0.25, -0.2) is 0 Å². The van der Waals surface area contributed by atoms with Gasteiger partial charge in [-0.15, -0.1) is 0 Å². The topological polar surface area (TPSA) is 49.9 Å². The summed E-state index contributed by atoms with van der Waals surface area (Å²) in [6, 6.07) is 7.32. The molecule has 1 aromatic carbocycles. The SMILES string of the molecule is [CH2]c1ccccc1C(=N)N. The van der Waals surface area contributed by atoms with Gasteiger partial charge in [0.15, 0.2) is 0 Å². The van der Waals surface area contributed by atoms with Crippen molar-refractivity contribution in [1.82, 2.24) is 0 Å². The van der Waals surface area contributed by atoms with Crippen LogP contribution in [0.2, 0.25) is 0 Å². The van der Waals surface area contributed by atoms with E-state index in [1.165, 1.54) is 0 Å². The van der Waals surface area contributed by atoms with E-state index < -0.39 is 0 Å². The molecule has 0 aliphatic rings. The Kier molecular flexibility index (Phi) is 1.71. The second-order valence-electron chi connectivity index (χ2n) is 2.07. The zero-order chi connectivity index (χ0) is 7.56. The standard InChI is InChI=1S/C8H9N2/c1-6-4-2-3-5-7(6)8(9)10/h2-5H,1H2,(H3,9,10). The molecule has 0 aliphatic heterocycles. The summed E-state index contributed by atoms with van der Waals surface area (Å²) in [7, 11) is 0. The van der Waals surface area contributed by atoms with Crippen molar-refractivity contribution < 1.29 is 0 Å². The molecule has 0 bridgehead atoms. The third-order valence-electron chi connectivity index (χ3n) is 1.31. The van der Waals surface area contributed by atoms with Crippen LogP contribution in [0.1, 0.15) is 11.1 Å². The summed E-state index contributed by atoms with van der Waals surface area (Å²) in [5.41, 5.74) is 6.77.